The Balaban J connectivity index is 1.66. The Labute approximate surface area is 165 Å². The lowest BCUT2D eigenvalue weighted by molar-refractivity contribution is 0.0984. The molecule has 2 aromatic carbocycles. The first-order chi connectivity index (χ1) is 13.6. The van der Waals surface area contributed by atoms with Crippen molar-refractivity contribution in [3.05, 3.63) is 76.6 Å². The van der Waals surface area contributed by atoms with E-state index in [1.165, 1.54) is 11.1 Å². The minimum absolute atomic E-state index is 0.0843. The fourth-order valence-corrected chi connectivity index (χ4v) is 3.74. The van der Waals surface area contributed by atoms with Crippen molar-refractivity contribution in [2.45, 2.75) is 33.6 Å². The van der Waals surface area contributed by atoms with Crippen LogP contribution < -0.4 is 10.2 Å². The maximum Gasteiger partial charge on any atom is 0.277 e. The van der Waals surface area contributed by atoms with Gasteiger partial charge in [0.15, 0.2) is 0 Å². The first kappa shape index (κ1) is 18.2. The molecule has 0 atom stereocenters. The predicted octanol–water partition coefficient (Wildman–Crippen LogP) is 4.60. The van der Waals surface area contributed by atoms with Gasteiger partial charge in [0, 0.05) is 23.6 Å². The molecule has 0 saturated carbocycles. The van der Waals surface area contributed by atoms with Crippen molar-refractivity contribution in [2.75, 3.05) is 16.8 Å². The molecular weight excluding hydrogens is 348 g/mol. The van der Waals surface area contributed by atoms with Crippen molar-refractivity contribution in [2.24, 2.45) is 0 Å². The highest BCUT2D eigenvalue weighted by Crippen LogP contribution is 2.29. The van der Waals surface area contributed by atoms with Crippen LogP contribution in [0.25, 0.3) is 0 Å². The van der Waals surface area contributed by atoms with Crippen molar-refractivity contribution in [3.63, 3.8) is 0 Å². The summed E-state index contributed by atoms with van der Waals surface area (Å²) in [5.41, 5.74) is 6.70. The van der Waals surface area contributed by atoms with Gasteiger partial charge in [0.25, 0.3) is 5.91 Å². The fourth-order valence-electron chi connectivity index (χ4n) is 3.74. The van der Waals surface area contributed by atoms with Crippen molar-refractivity contribution in [1.82, 2.24) is 9.97 Å². The molecule has 1 aliphatic rings. The summed E-state index contributed by atoms with van der Waals surface area (Å²) in [6, 6.07) is 16.0. The zero-order valence-electron chi connectivity index (χ0n) is 16.5. The molecule has 142 valence electrons. The highest BCUT2D eigenvalue weighted by molar-refractivity contribution is 6.06. The quantitative estimate of drug-likeness (QED) is 0.727. The number of fused-ring (bicyclic) bond motifs is 1. The number of carbonyl (C=O) groups is 1. The average Bonchev–Trinajstić information content (AvgIpc) is 3.12. The van der Waals surface area contributed by atoms with Crippen LogP contribution in [-0.2, 0) is 12.8 Å². The lowest BCUT2D eigenvalue weighted by Crippen LogP contribution is -2.30. The van der Waals surface area contributed by atoms with Crippen LogP contribution in [0.15, 0.2) is 48.5 Å². The van der Waals surface area contributed by atoms with Crippen molar-refractivity contribution >= 4 is 23.2 Å². The Kier molecular flexibility index (Phi) is 4.82. The third-order valence-corrected chi connectivity index (χ3v) is 5.18. The SMILES string of the molecule is CCc1cccc(C)c1Nc1nc(C)cc(C(=O)N2CCc3ccccc32)n1. The molecule has 0 aliphatic carbocycles. The number of hydrogen-bond donors (Lipinski definition) is 1. The highest BCUT2D eigenvalue weighted by atomic mass is 16.2. The first-order valence-electron chi connectivity index (χ1n) is 9.67. The average molecular weight is 372 g/mol. The molecule has 0 radical (unpaired) electrons. The van der Waals surface area contributed by atoms with Gasteiger partial charge < -0.3 is 10.2 Å². The van der Waals surface area contributed by atoms with E-state index in [0.29, 0.717) is 18.2 Å². The van der Waals surface area contributed by atoms with Crippen LogP contribution in [0.3, 0.4) is 0 Å². The van der Waals surface area contributed by atoms with Gasteiger partial charge in [-0.1, -0.05) is 43.3 Å². The third-order valence-electron chi connectivity index (χ3n) is 5.18. The summed E-state index contributed by atoms with van der Waals surface area (Å²) >= 11 is 0. The number of aryl methyl sites for hydroxylation is 3. The second-order valence-electron chi connectivity index (χ2n) is 7.14. The van der Waals surface area contributed by atoms with E-state index in [0.717, 1.165) is 35.5 Å². The van der Waals surface area contributed by atoms with Crippen LogP contribution in [0.5, 0.6) is 0 Å². The van der Waals surface area contributed by atoms with Gasteiger partial charge in [-0.05, 0) is 55.5 Å². The molecule has 0 bridgehead atoms. The number of amides is 1. The van der Waals surface area contributed by atoms with Gasteiger partial charge in [-0.3, -0.25) is 4.79 Å². The van der Waals surface area contributed by atoms with Gasteiger partial charge in [0.1, 0.15) is 5.69 Å². The maximum absolute atomic E-state index is 13.2. The Hall–Kier alpha value is -3.21. The molecule has 3 aromatic rings. The molecule has 0 fully saturated rings. The zero-order valence-corrected chi connectivity index (χ0v) is 16.5. The standard InChI is InChI=1S/C23H24N4O/c1-4-17-10-7-8-15(2)21(17)26-23-24-16(3)14-19(25-23)22(28)27-13-12-18-9-5-6-11-20(18)27/h5-11,14H,4,12-13H2,1-3H3,(H,24,25,26). The molecule has 1 amide bonds. The van der Waals surface area contributed by atoms with Crippen molar-refractivity contribution in [3.8, 4) is 0 Å². The van der Waals surface area contributed by atoms with Gasteiger partial charge in [-0.15, -0.1) is 0 Å². The molecule has 1 N–H and O–H groups in total. The lowest BCUT2D eigenvalue weighted by Gasteiger charge is -2.18. The number of para-hydroxylation sites is 2. The largest absolute Gasteiger partial charge is 0.324 e. The number of nitrogens with one attached hydrogen (secondary N) is 1. The number of nitrogens with zero attached hydrogens (tertiary/aromatic N) is 3. The Morgan fingerprint density at radius 3 is 2.75 bits per heavy atom. The van der Waals surface area contributed by atoms with Gasteiger partial charge in [0.2, 0.25) is 5.95 Å². The molecule has 0 spiro atoms. The van der Waals surface area contributed by atoms with Gasteiger partial charge >= 0.3 is 0 Å². The van der Waals surface area contributed by atoms with E-state index >= 15 is 0 Å². The number of anilines is 3. The van der Waals surface area contributed by atoms with E-state index in [1.54, 1.807) is 6.07 Å². The lowest BCUT2D eigenvalue weighted by atomic mass is 10.1. The molecule has 0 unspecified atom stereocenters. The summed E-state index contributed by atoms with van der Waals surface area (Å²) in [4.78, 5) is 24.0. The van der Waals surface area contributed by atoms with Gasteiger partial charge in [-0.25, -0.2) is 9.97 Å². The minimum Gasteiger partial charge on any atom is -0.324 e. The van der Waals surface area contributed by atoms with Crippen LogP contribution >= 0.6 is 0 Å². The summed E-state index contributed by atoms with van der Waals surface area (Å²) in [5.74, 6) is 0.374. The summed E-state index contributed by atoms with van der Waals surface area (Å²) in [7, 11) is 0. The van der Waals surface area contributed by atoms with Crippen LogP contribution in [0, 0.1) is 13.8 Å². The van der Waals surface area contributed by atoms with Crippen LogP contribution in [-0.4, -0.2) is 22.4 Å². The fraction of sp³-hybridized carbons (Fsp3) is 0.261. The van der Waals surface area contributed by atoms with Crippen LogP contribution in [0.4, 0.5) is 17.3 Å². The number of rotatable bonds is 4. The topological polar surface area (TPSA) is 58.1 Å². The molecule has 5 nitrogen and oxygen atoms in total. The molecule has 1 aliphatic heterocycles. The molecule has 5 heteroatoms. The van der Waals surface area contributed by atoms with Gasteiger partial charge in [0.05, 0.1) is 0 Å². The number of benzene rings is 2. The van der Waals surface area contributed by atoms with E-state index in [-0.39, 0.29) is 5.91 Å². The summed E-state index contributed by atoms with van der Waals surface area (Å²) in [6.07, 6.45) is 1.78. The Bertz CT molecular complexity index is 1040. The minimum atomic E-state index is -0.0843. The molecular formula is C23H24N4O. The molecule has 28 heavy (non-hydrogen) atoms. The smallest absolute Gasteiger partial charge is 0.277 e. The van der Waals surface area contributed by atoms with E-state index < -0.39 is 0 Å². The van der Waals surface area contributed by atoms with Crippen molar-refractivity contribution < 1.29 is 4.79 Å². The van der Waals surface area contributed by atoms with Crippen LogP contribution in [0.1, 0.15) is 39.8 Å². The third kappa shape index (κ3) is 3.36. The van der Waals surface area contributed by atoms with E-state index in [2.05, 4.69) is 53.4 Å². The second kappa shape index (κ2) is 7.43. The Morgan fingerprint density at radius 2 is 1.93 bits per heavy atom. The summed E-state index contributed by atoms with van der Waals surface area (Å²) in [5, 5.41) is 3.34. The number of hydrogen-bond acceptors (Lipinski definition) is 4. The molecule has 4 rings (SSSR count). The number of aromatic nitrogens is 2. The number of carbonyl (C=O) groups excluding carboxylic acids is 1. The maximum atomic E-state index is 13.2. The Morgan fingerprint density at radius 1 is 1.11 bits per heavy atom. The van der Waals surface area contributed by atoms with E-state index in [4.69, 9.17) is 0 Å². The molecule has 0 saturated heterocycles. The second-order valence-corrected chi connectivity index (χ2v) is 7.14. The normalized spacial score (nSPS) is 12.8. The zero-order chi connectivity index (χ0) is 19.7. The molecule has 1 aromatic heterocycles. The first-order valence-corrected chi connectivity index (χ1v) is 9.67. The molecule has 2 heterocycles. The predicted molar refractivity (Wildman–Crippen MR) is 112 cm³/mol. The van der Waals surface area contributed by atoms with Gasteiger partial charge in [-0.2, -0.15) is 0 Å². The van der Waals surface area contributed by atoms with E-state index in [9.17, 15) is 4.79 Å². The summed E-state index contributed by atoms with van der Waals surface area (Å²) in [6.45, 7) is 6.75. The highest BCUT2D eigenvalue weighted by Gasteiger charge is 2.26. The van der Waals surface area contributed by atoms with E-state index in [1.807, 2.05) is 30.0 Å². The van der Waals surface area contributed by atoms with Crippen LogP contribution in [0.2, 0.25) is 0 Å². The van der Waals surface area contributed by atoms with Crippen molar-refractivity contribution in [1.29, 1.82) is 0 Å². The monoisotopic (exact) mass is 372 g/mol. The summed E-state index contributed by atoms with van der Waals surface area (Å²) < 4.78 is 0.